The Bertz CT molecular complexity index is 668. The van der Waals surface area contributed by atoms with Crippen LogP contribution in [0.4, 0.5) is 0 Å². The number of hydrogen-bond donors (Lipinski definition) is 1. The van der Waals surface area contributed by atoms with E-state index in [-0.39, 0.29) is 17.7 Å². The number of fused-ring (bicyclic) bond motifs is 1. The van der Waals surface area contributed by atoms with Crippen molar-refractivity contribution in [1.29, 1.82) is 0 Å². The van der Waals surface area contributed by atoms with Gasteiger partial charge in [0.25, 0.3) is 0 Å². The first-order valence-electron chi connectivity index (χ1n) is 8.85. The van der Waals surface area contributed by atoms with Crippen LogP contribution in [0.15, 0.2) is 18.2 Å². The van der Waals surface area contributed by atoms with Gasteiger partial charge in [-0.15, -0.1) is 0 Å². The van der Waals surface area contributed by atoms with Gasteiger partial charge in [-0.3, -0.25) is 9.59 Å². The number of carboxylic acids is 1. The van der Waals surface area contributed by atoms with E-state index >= 15 is 0 Å². The van der Waals surface area contributed by atoms with E-state index in [1.807, 2.05) is 4.90 Å². The minimum absolute atomic E-state index is 0.0103. The van der Waals surface area contributed by atoms with Gasteiger partial charge in [0.2, 0.25) is 5.91 Å². The Hall–Kier alpha value is -1.84. The van der Waals surface area contributed by atoms with Gasteiger partial charge in [-0.2, -0.15) is 0 Å². The van der Waals surface area contributed by atoms with Crippen LogP contribution in [0.1, 0.15) is 63.1 Å². The predicted octanol–water partition coefficient (Wildman–Crippen LogP) is 3.51. The molecule has 130 valence electrons. The molecule has 0 atom stereocenters. The summed E-state index contributed by atoms with van der Waals surface area (Å²) in [6, 6.07) is 6.58. The van der Waals surface area contributed by atoms with Crippen LogP contribution >= 0.6 is 0 Å². The number of carbonyl (C=O) groups excluding carboxylic acids is 1. The molecule has 0 unspecified atom stereocenters. The zero-order valence-corrected chi connectivity index (χ0v) is 14.9. The van der Waals surface area contributed by atoms with Crippen molar-refractivity contribution in [3.05, 3.63) is 34.9 Å². The second kappa shape index (κ2) is 5.91. The molecule has 1 saturated carbocycles. The Morgan fingerprint density at radius 2 is 1.92 bits per heavy atom. The van der Waals surface area contributed by atoms with E-state index in [0.717, 1.165) is 12.8 Å². The van der Waals surface area contributed by atoms with Gasteiger partial charge < -0.3 is 10.0 Å². The van der Waals surface area contributed by atoms with E-state index in [0.29, 0.717) is 25.9 Å². The maximum absolute atomic E-state index is 12.7. The van der Waals surface area contributed by atoms with Crippen molar-refractivity contribution in [2.75, 3.05) is 6.54 Å². The molecule has 0 bridgehead atoms. The molecule has 1 amide bonds. The number of carbonyl (C=O) groups is 2. The lowest BCUT2D eigenvalue weighted by Crippen LogP contribution is -2.45. The summed E-state index contributed by atoms with van der Waals surface area (Å²) in [5, 5.41) is 9.44. The van der Waals surface area contributed by atoms with Crippen molar-refractivity contribution in [3.63, 3.8) is 0 Å². The Morgan fingerprint density at radius 3 is 2.46 bits per heavy atom. The van der Waals surface area contributed by atoms with Crippen molar-refractivity contribution < 1.29 is 14.7 Å². The van der Waals surface area contributed by atoms with Crippen molar-refractivity contribution in [3.8, 4) is 0 Å². The van der Waals surface area contributed by atoms with Crippen LogP contribution in [0.5, 0.6) is 0 Å². The van der Waals surface area contributed by atoms with Gasteiger partial charge in [-0.1, -0.05) is 45.4 Å². The van der Waals surface area contributed by atoms with Crippen LogP contribution in [-0.2, 0) is 28.0 Å². The zero-order chi connectivity index (χ0) is 17.5. The molecule has 1 aliphatic carbocycles. The van der Waals surface area contributed by atoms with Crippen LogP contribution < -0.4 is 0 Å². The summed E-state index contributed by atoms with van der Waals surface area (Å²) in [4.78, 5) is 26.0. The number of rotatable bonds is 3. The third-order valence-electron chi connectivity index (χ3n) is 5.69. The van der Waals surface area contributed by atoms with E-state index in [2.05, 4.69) is 39.0 Å². The Balaban J connectivity index is 1.74. The van der Waals surface area contributed by atoms with Crippen LogP contribution in [0, 0.1) is 5.41 Å². The first-order valence-corrected chi connectivity index (χ1v) is 8.85. The first kappa shape index (κ1) is 17.0. The zero-order valence-electron chi connectivity index (χ0n) is 14.9. The highest BCUT2D eigenvalue weighted by Crippen LogP contribution is 2.44. The van der Waals surface area contributed by atoms with Crippen molar-refractivity contribution in [1.82, 2.24) is 4.90 Å². The third kappa shape index (κ3) is 3.06. The smallest absolute Gasteiger partial charge is 0.310 e. The van der Waals surface area contributed by atoms with E-state index < -0.39 is 11.4 Å². The van der Waals surface area contributed by atoms with Crippen molar-refractivity contribution in [2.45, 2.75) is 64.8 Å². The Morgan fingerprint density at radius 1 is 1.21 bits per heavy atom. The molecule has 1 aliphatic heterocycles. The maximum atomic E-state index is 12.7. The van der Waals surface area contributed by atoms with Gasteiger partial charge in [0, 0.05) is 19.5 Å². The average molecular weight is 329 g/mol. The summed E-state index contributed by atoms with van der Waals surface area (Å²) in [7, 11) is 0. The molecule has 24 heavy (non-hydrogen) atoms. The first-order chi connectivity index (χ1) is 11.2. The summed E-state index contributed by atoms with van der Waals surface area (Å²) in [5.41, 5.74) is 3.07. The van der Waals surface area contributed by atoms with Gasteiger partial charge in [0.1, 0.15) is 0 Å². The topological polar surface area (TPSA) is 57.6 Å². The molecular weight excluding hydrogens is 302 g/mol. The largest absolute Gasteiger partial charge is 0.481 e. The van der Waals surface area contributed by atoms with Gasteiger partial charge in [-0.05, 0) is 41.4 Å². The van der Waals surface area contributed by atoms with Crippen LogP contribution in [-0.4, -0.2) is 28.4 Å². The highest BCUT2D eigenvalue weighted by molar-refractivity contribution is 5.85. The van der Waals surface area contributed by atoms with Crippen molar-refractivity contribution >= 4 is 11.9 Å². The van der Waals surface area contributed by atoms with Gasteiger partial charge in [0.05, 0.1) is 5.41 Å². The fraction of sp³-hybridized carbons (Fsp3) is 0.600. The number of benzene rings is 1. The molecule has 4 heteroatoms. The van der Waals surface area contributed by atoms with Gasteiger partial charge >= 0.3 is 5.97 Å². The fourth-order valence-corrected chi connectivity index (χ4v) is 3.71. The van der Waals surface area contributed by atoms with E-state index in [9.17, 15) is 14.7 Å². The normalized spacial score (nSPS) is 19.4. The molecule has 0 saturated heterocycles. The summed E-state index contributed by atoms with van der Waals surface area (Å²) in [5.74, 6) is -0.821. The lowest BCUT2D eigenvalue weighted by atomic mass is 9.66. The van der Waals surface area contributed by atoms with E-state index in [1.54, 1.807) is 0 Å². The fourth-order valence-electron chi connectivity index (χ4n) is 3.71. The summed E-state index contributed by atoms with van der Waals surface area (Å²) in [6.45, 7) is 7.86. The number of hydrogen-bond acceptors (Lipinski definition) is 2. The van der Waals surface area contributed by atoms with Crippen LogP contribution in [0.2, 0.25) is 0 Å². The molecule has 0 radical (unpaired) electrons. The molecule has 1 aromatic carbocycles. The SMILES string of the molecule is CC(C)(C)c1ccc2c(c1)CN(C(=O)CC1(C(=O)O)CCC1)CC2. The van der Waals surface area contributed by atoms with Crippen LogP contribution in [0.25, 0.3) is 0 Å². The van der Waals surface area contributed by atoms with E-state index in [1.165, 1.54) is 16.7 Å². The molecule has 4 nitrogen and oxygen atoms in total. The quantitative estimate of drug-likeness (QED) is 0.923. The Kier molecular flexibility index (Phi) is 4.18. The molecule has 0 aromatic heterocycles. The van der Waals surface area contributed by atoms with Gasteiger partial charge in [-0.25, -0.2) is 0 Å². The molecule has 2 aliphatic rings. The lowest BCUT2D eigenvalue weighted by molar-refractivity contribution is -0.159. The standard InChI is InChI=1S/C20H27NO3/c1-19(2,3)16-6-5-14-7-10-21(13-15(14)11-16)17(22)12-20(18(23)24)8-4-9-20/h5-6,11H,4,7-10,12-13H2,1-3H3,(H,23,24). The molecule has 1 heterocycles. The summed E-state index contributed by atoms with van der Waals surface area (Å²) < 4.78 is 0. The predicted molar refractivity (Wildman–Crippen MR) is 92.8 cm³/mol. The molecule has 1 N–H and O–H groups in total. The maximum Gasteiger partial charge on any atom is 0.310 e. The molecule has 3 rings (SSSR count). The Labute approximate surface area is 143 Å². The number of nitrogens with zero attached hydrogens (tertiary/aromatic N) is 1. The summed E-state index contributed by atoms with van der Waals surface area (Å²) >= 11 is 0. The van der Waals surface area contributed by atoms with Crippen molar-refractivity contribution in [2.24, 2.45) is 5.41 Å². The minimum Gasteiger partial charge on any atom is -0.481 e. The number of amides is 1. The molecular formula is C20H27NO3. The average Bonchev–Trinajstić information content (AvgIpc) is 2.48. The highest BCUT2D eigenvalue weighted by Gasteiger charge is 2.46. The molecule has 0 spiro atoms. The molecule has 1 fully saturated rings. The second-order valence-electron chi connectivity index (χ2n) is 8.41. The number of aliphatic carboxylic acids is 1. The third-order valence-corrected chi connectivity index (χ3v) is 5.69. The van der Waals surface area contributed by atoms with Gasteiger partial charge in [0.15, 0.2) is 0 Å². The number of carboxylic acid groups (broad SMARTS) is 1. The molecule has 1 aromatic rings. The lowest BCUT2D eigenvalue weighted by Gasteiger charge is -2.39. The van der Waals surface area contributed by atoms with E-state index in [4.69, 9.17) is 0 Å². The highest BCUT2D eigenvalue weighted by atomic mass is 16.4. The minimum atomic E-state index is -0.811. The second-order valence-corrected chi connectivity index (χ2v) is 8.41. The summed E-state index contributed by atoms with van der Waals surface area (Å²) in [6.07, 6.45) is 3.18. The monoisotopic (exact) mass is 329 g/mol. The van der Waals surface area contributed by atoms with Crippen LogP contribution in [0.3, 0.4) is 0 Å².